The van der Waals surface area contributed by atoms with E-state index < -0.39 is 54.5 Å². The van der Waals surface area contributed by atoms with E-state index >= 15 is 0 Å². The zero-order valence-electron chi connectivity index (χ0n) is 19.5. The summed E-state index contributed by atoms with van der Waals surface area (Å²) in [5, 5.41) is 26.9. The van der Waals surface area contributed by atoms with Crippen LogP contribution in [-0.4, -0.2) is 79.6 Å². The van der Waals surface area contributed by atoms with Gasteiger partial charge in [0.25, 0.3) is 0 Å². The summed E-state index contributed by atoms with van der Waals surface area (Å²) in [4.78, 5) is 58.8. The summed E-state index contributed by atoms with van der Waals surface area (Å²) < 4.78 is 0. The Morgan fingerprint density at radius 3 is 2.50 bits per heavy atom. The number of carbonyl (C=O) groups is 4. The molecule has 1 aromatic carbocycles. The minimum atomic E-state index is -1.57. The topological polar surface area (TPSA) is 215 Å². The van der Waals surface area contributed by atoms with Crippen molar-refractivity contribution in [3.8, 4) is 0 Å². The van der Waals surface area contributed by atoms with Crippen LogP contribution in [0.1, 0.15) is 18.2 Å². The summed E-state index contributed by atoms with van der Waals surface area (Å²) in [5.41, 5.74) is 8.31. The quantitative estimate of drug-likeness (QED) is 0.147. The molecule has 0 bridgehead atoms. The highest BCUT2D eigenvalue weighted by molar-refractivity contribution is 5.93. The Morgan fingerprint density at radius 1 is 1.08 bits per heavy atom. The number of rotatable bonds is 12. The number of para-hydroxylation sites is 1. The maximum atomic E-state index is 12.7. The molecule has 0 aliphatic rings. The normalized spacial score (nSPS) is 14.4. The van der Waals surface area contributed by atoms with E-state index in [-0.39, 0.29) is 12.8 Å². The first-order valence-corrected chi connectivity index (χ1v) is 11.2. The van der Waals surface area contributed by atoms with Gasteiger partial charge in [0.2, 0.25) is 17.7 Å². The minimum Gasteiger partial charge on any atom is -0.480 e. The van der Waals surface area contributed by atoms with Crippen molar-refractivity contribution in [3.05, 3.63) is 54.2 Å². The number of benzene rings is 1. The molecule has 0 radical (unpaired) electrons. The van der Waals surface area contributed by atoms with E-state index in [0.717, 1.165) is 16.5 Å². The number of H-pyrrole nitrogens is 2. The van der Waals surface area contributed by atoms with E-state index in [4.69, 9.17) is 5.73 Å². The lowest BCUT2D eigenvalue weighted by molar-refractivity contribution is -0.145. The molecule has 0 aliphatic carbocycles. The van der Waals surface area contributed by atoms with Gasteiger partial charge in [-0.3, -0.25) is 14.4 Å². The van der Waals surface area contributed by atoms with Crippen molar-refractivity contribution < 1.29 is 29.4 Å². The number of amides is 3. The second-order valence-corrected chi connectivity index (χ2v) is 8.35. The summed E-state index contributed by atoms with van der Waals surface area (Å²) in [6.07, 6.45) is 3.46. The molecule has 13 heteroatoms. The number of aliphatic hydroxyl groups is 1. The molecule has 3 rings (SSSR count). The van der Waals surface area contributed by atoms with Gasteiger partial charge in [-0.05, 0) is 25.0 Å². The lowest BCUT2D eigenvalue weighted by Crippen LogP contribution is -2.56. The molecular formula is C23H29N7O6. The summed E-state index contributed by atoms with van der Waals surface area (Å²) in [5.74, 6) is -3.49. The first-order chi connectivity index (χ1) is 17.2. The van der Waals surface area contributed by atoms with Crippen LogP contribution in [0.25, 0.3) is 10.9 Å². The second-order valence-electron chi connectivity index (χ2n) is 8.35. The Labute approximate surface area is 205 Å². The number of aromatic nitrogens is 3. The average molecular weight is 500 g/mol. The van der Waals surface area contributed by atoms with Gasteiger partial charge < -0.3 is 41.9 Å². The number of nitrogens with one attached hydrogen (secondary N) is 5. The number of carboxylic acids is 1. The molecule has 3 aromatic rings. The predicted octanol–water partition coefficient (Wildman–Crippen LogP) is -1.45. The number of aromatic amines is 2. The van der Waals surface area contributed by atoms with Crippen LogP contribution in [0.5, 0.6) is 0 Å². The number of nitrogens with two attached hydrogens (primary N) is 1. The number of carboxylic acid groups (broad SMARTS) is 1. The van der Waals surface area contributed by atoms with Gasteiger partial charge in [0.05, 0.1) is 25.0 Å². The molecule has 4 atom stereocenters. The summed E-state index contributed by atoms with van der Waals surface area (Å²) >= 11 is 0. The van der Waals surface area contributed by atoms with Gasteiger partial charge in [0, 0.05) is 35.4 Å². The van der Waals surface area contributed by atoms with Crippen LogP contribution in [-0.2, 0) is 32.0 Å². The third kappa shape index (κ3) is 6.90. The van der Waals surface area contributed by atoms with Gasteiger partial charge >= 0.3 is 5.97 Å². The lowest BCUT2D eigenvalue weighted by Gasteiger charge is -2.22. The SMILES string of the molecule is CC(O)C(NC(=O)C(Cc1cnc[nH]1)NC(=O)CNC(=O)C(N)Cc1c[nH]c2ccccc12)C(=O)O. The van der Waals surface area contributed by atoms with E-state index in [9.17, 15) is 29.4 Å². The van der Waals surface area contributed by atoms with Crippen molar-refractivity contribution in [2.45, 2.75) is 44.0 Å². The summed E-state index contributed by atoms with van der Waals surface area (Å²) in [6.45, 7) is 0.766. The number of aliphatic hydroxyl groups excluding tert-OH is 1. The monoisotopic (exact) mass is 499 g/mol. The molecule has 3 amide bonds. The van der Waals surface area contributed by atoms with Gasteiger partial charge in [-0.25, -0.2) is 9.78 Å². The molecule has 36 heavy (non-hydrogen) atoms. The highest BCUT2D eigenvalue weighted by Crippen LogP contribution is 2.18. The lowest BCUT2D eigenvalue weighted by atomic mass is 10.1. The minimum absolute atomic E-state index is 0.0300. The molecule has 0 spiro atoms. The van der Waals surface area contributed by atoms with Crippen molar-refractivity contribution in [3.63, 3.8) is 0 Å². The zero-order chi connectivity index (χ0) is 26.2. The third-order valence-electron chi connectivity index (χ3n) is 5.55. The standard InChI is InChI=1S/C23H29N7O6/c1-12(31)20(23(35)36)30-22(34)18(7-14-9-25-11-28-14)29-19(32)10-27-21(33)16(24)6-13-8-26-17-5-3-2-4-15(13)17/h2-5,8-9,11-12,16,18,20,26,31H,6-7,10,24H2,1H3,(H,25,28)(H,27,33)(H,29,32)(H,30,34)(H,35,36). The molecule has 0 saturated carbocycles. The summed E-state index contributed by atoms with van der Waals surface area (Å²) in [6, 6.07) is 3.91. The van der Waals surface area contributed by atoms with Crippen LogP contribution in [0, 0.1) is 0 Å². The Balaban J connectivity index is 1.57. The van der Waals surface area contributed by atoms with Crippen molar-refractivity contribution >= 4 is 34.6 Å². The first kappa shape index (κ1) is 26.4. The Hall–Kier alpha value is -4.23. The molecule has 0 saturated heterocycles. The molecule has 4 unspecified atom stereocenters. The first-order valence-electron chi connectivity index (χ1n) is 11.2. The molecule has 9 N–H and O–H groups in total. The fourth-order valence-corrected chi connectivity index (χ4v) is 3.64. The third-order valence-corrected chi connectivity index (χ3v) is 5.55. The molecule has 0 aliphatic heterocycles. The molecule has 2 heterocycles. The fraction of sp³-hybridized carbons (Fsp3) is 0.348. The van der Waals surface area contributed by atoms with Gasteiger partial charge in [0.15, 0.2) is 6.04 Å². The fourth-order valence-electron chi connectivity index (χ4n) is 3.64. The van der Waals surface area contributed by atoms with Crippen LogP contribution < -0.4 is 21.7 Å². The molecular weight excluding hydrogens is 470 g/mol. The molecule has 192 valence electrons. The Morgan fingerprint density at radius 2 is 1.83 bits per heavy atom. The van der Waals surface area contributed by atoms with E-state index in [0.29, 0.717) is 5.69 Å². The van der Waals surface area contributed by atoms with Crippen LogP contribution in [0.3, 0.4) is 0 Å². The highest BCUT2D eigenvalue weighted by Gasteiger charge is 2.30. The number of carbonyl (C=O) groups excluding carboxylic acids is 3. The van der Waals surface area contributed by atoms with Crippen molar-refractivity contribution in [1.82, 2.24) is 30.9 Å². The smallest absolute Gasteiger partial charge is 0.328 e. The maximum absolute atomic E-state index is 12.7. The maximum Gasteiger partial charge on any atom is 0.328 e. The summed E-state index contributed by atoms with van der Waals surface area (Å²) in [7, 11) is 0. The highest BCUT2D eigenvalue weighted by atomic mass is 16.4. The number of aliphatic carboxylic acids is 1. The average Bonchev–Trinajstić information content (AvgIpc) is 3.50. The van der Waals surface area contributed by atoms with Crippen molar-refractivity contribution in [2.24, 2.45) is 5.73 Å². The van der Waals surface area contributed by atoms with E-state index in [2.05, 4.69) is 30.9 Å². The van der Waals surface area contributed by atoms with Gasteiger partial charge in [-0.1, -0.05) is 18.2 Å². The Bertz CT molecular complexity index is 1210. The van der Waals surface area contributed by atoms with Crippen molar-refractivity contribution in [2.75, 3.05) is 6.54 Å². The van der Waals surface area contributed by atoms with Crippen LogP contribution in [0.4, 0.5) is 0 Å². The van der Waals surface area contributed by atoms with Crippen LogP contribution >= 0.6 is 0 Å². The van der Waals surface area contributed by atoms with Crippen LogP contribution in [0.15, 0.2) is 43.0 Å². The van der Waals surface area contributed by atoms with Gasteiger partial charge in [0.1, 0.15) is 6.04 Å². The molecule has 2 aromatic heterocycles. The number of nitrogens with zero attached hydrogens (tertiary/aromatic N) is 1. The Kier molecular flexibility index (Phi) is 8.76. The number of hydrogen-bond donors (Lipinski definition) is 8. The number of imidazole rings is 1. The molecule has 13 nitrogen and oxygen atoms in total. The number of hydrogen-bond acceptors (Lipinski definition) is 7. The van der Waals surface area contributed by atoms with Crippen molar-refractivity contribution in [1.29, 1.82) is 0 Å². The number of fused-ring (bicyclic) bond motifs is 1. The van der Waals surface area contributed by atoms with E-state index in [1.807, 2.05) is 24.3 Å². The van der Waals surface area contributed by atoms with Crippen LogP contribution in [0.2, 0.25) is 0 Å². The predicted molar refractivity (Wildman–Crippen MR) is 128 cm³/mol. The van der Waals surface area contributed by atoms with Gasteiger partial charge in [-0.15, -0.1) is 0 Å². The second kappa shape index (κ2) is 12.0. The zero-order valence-corrected chi connectivity index (χ0v) is 19.5. The van der Waals surface area contributed by atoms with Gasteiger partial charge in [-0.2, -0.15) is 0 Å². The van der Waals surface area contributed by atoms with E-state index in [1.54, 1.807) is 6.20 Å². The van der Waals surface area contributed by atoms with E-state index in [1.165, 1.54) is 19.4 Å². The molecule has 0 fully saturated rings. The largest absolute Gasteiger partial charge is 0.480 e.